The third kappa shape index (κ3) is 1.66. The van der Waals surface area contributed by atoms with Crippen LogP contribution >= 0.6 is 0 Å². The average molecular weight is 160 g/mol. The van der Waals surface area contributed by atoms with Gasteiger partial charge in [0.2, 0.25) is 0 Å². The molecule has 1 unspecified atom stereocenters. The fourth-order valence-electron chi connectivity index (χ4n) is 1.22. The minimum atomic E-state index is -0.777. The second-order valence-corrected chi connectivity index (χ2v) is 16.8. The molecule has 1 fully saturated rings. The van der Waals surface area contributed by atoms with Crippen molar-refractivity contribution in [2.45, 2.75) is 32.1 Å². The van der Waals surface area contributed by atoms with Crippen LogP contribution in [0.4, 0.5) is 0 Å². The van der Waals surface area contributed by atoms with Gasteiger partial charge in [-0.15, -0.1) is 0 Å². The Morgan fingerprint density at radius 1 is 1.44 bits per heavy atom. The Balaban J connectivity index is 2.49. The highest BCUT2D eigenvalue weighted by Crippen LogP contribution is 2.20. The summed E-state index contributed by atoms with van der Waals surface area (Å²) in [5, 5.41) is 0. The summed E-state index contributed by atoms with van der Waals surface area (Å²) in [6.07, 6.45) is 1.33. The summed E-state index contributed by atoms with van der Waals surface area (Å²) < 4.78 is 5.69. The summed E-state index contributed by atoms with van der Waals surface area (Å²) in [6, 6.07) is 1.51. The van der Waals surface area contributed by atoms with E-state index < -0.39 is 16.1 Å². The van der Waals surface area contributed by atoms with E-state index in [1.165, 1.54) is 12.5 Å². The fraction of sp³-hybridized carbons (Fsp3) is 1.00. The molecule has 0 radical (unpaired) electrons. The Labute approximate surface area is 59.9 Å². The van der Waals surface area contributed by atoms with Crippen LogP contribution in [0.2, 0.25) is 25.7 Å². The second kappa shape index (κ2) is 2.56. The van der Waals surface area contributed by atoms with Crippen molar-refractivity contribution in [2.75, 3.05) is 6.61 Å². The molecule has 0 N–H and O–H groups in total. The molecule has 0 aliphatic carbocycles. The van der Waals surface area contributed by atoms with E-state index in [-0.39, 0.29) is 0 Å². The van der Waals surface area contributed by atoms with Gasteiger partial charge in [-0.1, -0.05) is 25.7 Å². The van der Waals surface area contributed by atoms with Crippen LogP contribution in [0.1, 0.15) is 6.42 Å². The topological polar surface area (TPSA) is 9.23 Å². The molecule has 54 valence electrons. The lowest BCUT2D eigenvalue weighted by Gasteiger charge is -2.32. The van der Waals surface area contributed by atoms with E-state index in [1.54, 1.807) is 0 Å². The monoisotopic (exact) mass is 160 g/mol. The molecule has 1 aliphatic heterocycles. The van der Waals surface area contributed by atoms with Gasteiger partial charge in [0.25, 0.3) is 0 Å². The first-order valence-corrected chi connectivity index (χ1v) is 10.4. The zero-order valence-corrected chi connectivity index (χ0v) is 8.76. The lowest BCUT2D eigenvalue weighted by atomic mass is 10.5. The molecule has 0 bridgehead atoms. The highest BCUT2D eigenvalue weighted by Gasteiger charge is 2.33. The molecule has 9 heavy (non-hydrogen) atoms. The van der Waals surface area contributed by atoms with Crippen molar-refractivity contribution in [3.63, 3.8) is 0 Å². The molecule has 1 rings (SSSR count). The Bertz CT molecular complexity index is 103. The van der Waals surface area contributed by atoms with Gasteiger partial charge in [0.15, 0.2) is 8.56 Å². The zero-order valence-electron chi connectivity index (χ0n) is 6.61. The normalized spacial score (nSPS) is 34.3. The van der Waals surface area contributed by atoms with Crippen LogP contribution in [-0.2, 0) is 4.43 Å². The number of hydrogen-bond acceptors (Lipinski definition) is 1. The van der Waals surface area contributed by atoms with Crippen LogP contribution in [0.5, 0.6) is 0 Å². The van der Waals surface area contributed by atoms with Crippen molar-refractivity contribution in [1.82, 2.24) is 0 Å². The Hall–Kier alpha value is 0.394. The maximum absolute atomic E-state index is 5.69. The zero-order chi connectivity index (χ0) is 6.91. The Morgan fingerprint density at radius 2 is 2.11 bits per heavy atom. The largest absolute Gasteiger partial charge is 0.424 e. The van der Waals surface area contributed by atoms with Gasteiger partial charge in [-0.25, -0.2) is 0 Å². The maximum Gasteiger partial charge on any atom is 0.162 e. The SMILES string of the molecule is C[SiH]1OCCC[Si]1(C)C. The van der Waals surface area contributed by atoms with Crippen molar-refractivity contribution in [1.29, 1.82) is 0 Å². The van der Waals surface area contributed by atoms with E-state index in [4.69, 9.17) is 4.43 Å². The molecule has 1 nitrogen and oxygen atoms in total. The molecule has 1 aliphatic rings. The van der Waals surface area contributed by atoms with Gasteiger partial charge in [-0.3, -0.25) is 0 Å². The lowest BCUT2D eigenvalue weighted by Crippen LogP contribution is -2.48. The molecule has 0 aromatic rings. The molecule has 1 saturated heterocycles. The van der Waals surface area contributed by atoms with Crippen LogP contribution in [0, 0.1) is 0 Å². The number of hydrogen-bond donors (Lipinski definition) is 0. The van der Waals surface area contributed by atoms with Gasteiger partial charge in [0.05, 0.1) is 7.59 Å². The van der Waals surface area contributed by atoms with Crippen LogP contribution in [0.15, 0.2) is 0 Å². The summed E-state index contributed by atoms with van der Waals surface area (Å²) in [5.41, 5.74) is 0. The molecule has 0 aromatic carbocycles. The van der Waals surface area contributed by atoms with Gasteiger partial charge < -0.3 is 4.43 Å². The van der Waals surface area contributed by atoms with Crippen molar-refractivity contribution < 1.29 is 4.43 Å². The van der Waals surface area contributed by atoms with E-state index in [0.29, 0.717) is 0 Å². The van der Waals surface area contributed by atoms with Gasteiger partial charge in [-0.05, 0) is 6.42 Å². The van der Waals surface area contributed by atoms with E-state index in [2.05, 4.69) is 19.6 Å². The molecule has 0 aromatic heterocycles. The van der Waals surface area contributed by atoms with Crippen LogP contribution < -0.4 is 0 Å². The molecule has 0 saturated carbocycles. The van der Waals surface area contributed by atoms with Gasteiger partial charge in [0.1, 0.15) is 0 Å². The summed E-state index contributed by atoms with van der Waals surface area (Å²) in [7, 11) is -1.44. The van der Waals surface area contributed by atoms with E-state index in [1.807, 2.05) is 0 Å². The second-order valence-electron chi connectivity index (χ2n) is 3.61. The maximum atomic E-state index is 5.69. The molecule has 1 atom stereocenters. The highest BCUT2D eigenvalue weighted by atomic mass is 29.2. The number of rotatable bonds is 0. The summed E-state index contributed by atoms with van der Waals surface area (Å²) >= 11 is 0. The van der Waals surface area contributed by atoms with Crippen molar-refractivity contribution >= 4 is 16.1 Å². The molecular formula is C6H16OSi2. The van der Waals surface area contributed by atoms with E-state index in [9.17, 15) is 0 Å². The first-order valence-electron chi connectivity index (χ1n) is 3.74. The molecule has 1 heterocycles. The summed E-state index contributed by atoms with van der Waals surface area (Å²) in [5.74, 6) is 0. The molecule has 0 spiro atoms. The molecular weight excluding hydrogens is 144 g/mol. The quantitative estimate of drug-likeness (QED) is 0.489. The average Bonchev–Trinajstić information content (AvgIpc) is 1.77. The summed E-state index contributed by atoms with van der Waals surface area (Å²) in [4.78, 5) is 0. The first-order chi connectivity index (χ1) is 4.13. The minimum Gasteiger partial charge on any atom is -0.424 e. The predicted molar refractivity (Wildman–Crippen MR) is 45.9 cm³/mol. The minimum absolute atomic E-state index is 0.665. The van der Waals surface area contributed by atoms with Gasteiger partial charge in [0, 0.05) is 6.61 Å². The Morgan fingerprint density at radius 3 is 2.44 bits per heavy atom. The lowest BCUT2D eigenvalue weighted by molar-refractivity contribution is 0.322. The van der Waals surface area contributed by atoms with Crippen molar-refractivity contribution in [3.05, 3.63) is 0 Å². The van der Waals surface area contributed by atoms with Crippen molar-refractivity contribution in [2.24, 2.45) is 0 Å². The highest BCUT2D eigenvalue weighted by molar-refractivity contribution is 7.29. The first kappa shape index (κ1) is 7.50. The Kier molecular flexibility index (Phi) is 2.13. The van der Waals surface area contributed by atoms with Crippen LogP contribution in [-0.4, -0.2) is 22.8 Å². The van der Waals surface area contributed by atoms with Gasteiger partial charge >= 0.3 is 0 Å². The third-order valence-corrected chi connectivity index (χ3v) is 15.0. The smallest absolute Gasteiger partial charge is 0.162 e. The van der Waals surface area contributed by atoms with Gasteiger partial charge in [-0.2, -0.15) is 0 Å². The summed E-state index contributed by atoms with van der Waals surface area (Å²) in [6.45, 7) is 8.38. The van der Waals surface area contributed by atoms with Crippen molar-refractivity contribution in [3.8, 4) is 0 Å². The third-order valence-electron chi connectivity index (χ3n) is 2.43. The predicted octanol–water partition coefficient (Wildman–Crippen LogP) is 1.55. The molecule has 0 amide bonds. The van der Waals surface area contributed by atoms with E-state index >= 15 is 0 Å². The van der Waals surface area contributed by atoms with E-state index in [0.717, 1.165) is 6.61 Å². The standard InChI is InChI=1S/C6H16OSi2/c1-8-7-5-4-6-9(8,2)3/h8H,4-6H2,1-3H3. The van der Waals surface area contributed by atoms with Crippen LogP contribution in [0.25, 0.3) is 0 Å². The molecule has 3 heteroatoms. The fourth-order valence-corrected chi connectivity index (χ4v) is 7.19. The van der Waals surface area contributed by atoms with Crippen LogP contribution in [0.3, 0.4) is 0 Å².